The molecule has 0 aromatic carbocycles. The van der Waals surface area contributed by atoms with Crippen molar-refractivity contribution in [2.75, 3.05) is 13.2 Å². The molecule has 1 aromatic heterocycles. The van der Waals surface area contributed by atoms with Gasteiger partial charge in [0, 0.05) is 19.2 Å². The van der Waals surface area contributed by atoms with Crippen molar-refractivity contribution in [3.05, 3.63) is 22.6 Å². The van der Waals surface area contributed by atoms with E-state index in [4.69, 9.17) is 14.9 Å². The van der Waals surface area contributed by atoms with Gasteiger partial charge in [-0.15, -0.1) is 0 Å². The Kier molecular flexibility index (Phi) is 6.06. The monoisotopic (exact) mass is 344 g/mol. The highest BCUT2D eigenvalue weighted by molar-refractivity contribution is 9.10. The summed E-state index contributed by atoms with van der Waals surface area (Å²) in [7, 11) is 0. The van der Waals surface area contributed by atoms with Gasteiger partial charge in [-0.25, -0.2) is 0 Å². The second-order valence-electron chi connectivity index (χ2n) is 5.12. The van der Waals surface area contributed by atoms with E-state index in [0.29, 0.717) is 35.7 Å². The molecule has 0 spiro atoms. The first-order valence-electron chi connectivity index (χ1n) is 7.06. The zero-order valence-corrected chi connectivity index (χ0v) is 13.0. The Bertz CT molecular complexity index is 428. The van der Waals surface area contributed by atoms with Crippen LogP contribution in [0, 0.1) is 0 Å². The number of halogens is 1. The van der Waals surface area contributed by atoms with Crippen LogP contribution in [0.2, 0.25) is 0 Å². The Morgan fingerprint density at radius 3 is 2.80 bits per heavy atom. The van der Waals surface area contributed by atoms with Gasteiger partial charge in [-0.1, -0.05) is 0 Å². The van der Waals surface area contributed by atoms with Gasteiger partial charge in [-0.2, -0.15) is 0 Å². The van der Waals surface area contributed by atoms with Crippen LogP contribution in [-0.4, -0.2) is 31.2 Å². The molecule has 0 unspecified atom stereocenters. The summed E-state index contributed by atoms with van der Waals surface area (Å²) in [6.07, 6.45) is 5.34. The van der Waals surface area contributed by atoms with Crippen LogP contribution in [0.4, 0.5) is 0 Å². The fraction of sp³-hybridized carbons (Fsp3) is 0.643. The summed E-state index contributed by atoms with van der Waals surface area (Å²) in [6.45, 7) is 1.26. The summed E-state index contributed by atoms with van der Waals surface area (Å²) in [6, 6.07) is 3.69. The van der Waals surface area contributed by atoms with Gasteiger partial charge < -0.3 is 20.2 Å². The summed E-state index contributed by atoms with van der Waals surface area (Å²) in [5.74, 6) is 0.124. The lowest BCUT2D eigenvalue weighted by atomic mass is 9.94. The van der Waals surface area contributed by atoms with Crippen molar-refractivity contribution in [3.8, 4) is 0 Å². The average molecular weight is 345 g/mol. The second-order valence-corrected chi connectivity index (χ2v) is 5.90. The van der Waals surface area contributed by atoms with Crippen LogP contribution >= 0.6 is 15.9 Å². The molecular weight excluding hydrogens is 324 g/mol. The molecule has 0 atom stereocenters. The maximum Gasteiger partial charge on any atom is 0.287 e. The molecule has 1 amide bonds. The Morgan fingerprint density at radius 2 is 2.15 bits per heavy atom. The normalized spacial score (nSPS) is 22.7. The van der Waals surface area contributed by atoms with Gasteiger partial charge in [0.15, 0.2) is 10.4 Å². The molecule has 1 aromatic rings. The van der Waals surface area contributed by atoms with Crippen molar-refractivity contribution < 1.29 is 13.9 Å². The van der Waals surface area contributed by atoms with E-state index >= 15 is 0 Å². The molecule has 20 heavy (non-hydrogen) atoms. The first kappa shape index (κ1) is 15.5. The maximum absolute atomic E-state index is 11.7. The topological polar surface area (TPSA) is 77.5 Å². The maximum atomic E-state index is 11.7. The molecule has 0 aliphatic heterocycles. The van der Waals surface area contributed by atoms with Gasteiger partial charge in [0.1, 0.15) is 0 Å². The molecule has 1 heterocycles. The molecule has 1 saturated carbocycles. The van der Waals surface area contributed by atoms with E-state index in [0.717, 1.165) is 32.1 Å². The molecule has 5 nitrogen and oxygen atoms in total. The van der Waals surface area contributed by atoms with E-state index in [1.165, 1.54) is 0 Å². The highest BCUT2D eigenvalue weighted by Gasteiger charge is 2.18. The molecular formula is C14H21BrN2O3. The first-order chi connectivity index (χ1) is 9.65. The smallest absolute Gasteiger partial charge is 0.287 e. The van der Waals surface area contributed by atoms with Gasteiger partial charge in [0.05, 0.1) is 6.10 Å². The third-order valence-corrected chi connectivity index (χ3v) is 3.90. The van der Waals surface area contributed by atoms with Crippen LogP contribution in [0.3, 0.4) is 0 Å². The van der Waals surface area contributed by atoms with E-state index in [-0.39, 0.29) is 5.91 Å². The second kappa shape index (κ2) is 7.81. The van der Waals surface area contributed by atoms with Crippen LogP contribution in [0.1, 0.15) is 42.7 Å². The summed E-state index contributed by atoms with van der Waals surface area (Å²) in [5, 5.41) is 2.80. The number of nitrogens with one attached hydrogen (secondary N) is 1. The largest absolute Gasteiger partial charge is 0.444 e. The lowest BCUT2D eigenvalue weighted by Gasteiger charge is -2.26. The van der Waals surface area contributed by atoms with Crippen LogP contribution in [0.25, 0.3) is 0 Å². The zero-order chi connectivity index (χ0) is 14.4. The minimum absolute atomic E-state index is 0.195. The molecule has 0 saturated heterocycles. The van der Waals surface area contributed by atoms with Gasteiger partial charge in [0.2, 0.25) is 0 Å². The predicted molar refractivity (Wildman–Crippen MR) is 79.5 cm³/mol. The van der Waals surface area contributed by atoms with Gasteiger partial charge in [-0.3, -0.25) is 4.79 Å². The number of ether oxygens (including phenoxy) is 1. The fourth-order valence-corrected chi connectivity index (χ4v) is 2.61. The summed E-state index contributed by atoms with van der Waals surface area (Å²) >= 11 is 3.17. The minimum atomic E-state index is -0.195. The van der Waals surface area contributed by atoms with Crippen molar-refractivity contribution in [1.29, 1.82) is 0 Å². The number of hydrogen-bond donors (Lipinski definition) is 2. The summed E-state index contributed by atoms with van der Waals surface area (Å²) in [5.41, 5.74) is 5.85. The summed E-state index contributed by atoms with van der Waals surface area (Å²) < 4.78 is 11.5. The van der Waals surface area contributed by atoms with Gasteiger partial charge >= 0.3 is 0 Å². The fourth-order valence-electron chi connectivity index (χ4n) is 2.30. The van der Waals surface area contributed by atoms with E-state index in [2.05, 4.69) is 21.2 Å². The van der Waals surface area contributed by atoms with E-state index < -0.39 is 0 Å². The lowest BCUT2D eigenvalue weighted by Crippen LogP contribution is -2.31. The van der Waals surface area contributed by atoms with E-state index in [9.17, 15) is 4.79 Å². The molecule has 0 radical (unpaired) electrons. The number of amides is 1. The van der Waals surface area contributed by atoms with Crippen molar-refractivity contribution >= 4 is 21.8 Å². The molecule has 1 aliphatic rings. The third-order valence-electron chi connectivity index (χ3n) is 3.48. The van der Waals surface area contributed by atoms with Crippen LogP contribution in [0.5, 0.6) is 0 Å². The standard InChI is InChI=1S/C14H21BrN2O3/c15-13-7-6-12(20-13)14(18)17-8-1-9-19-11-4-2-10(16)3-5-11/h6-7,10-11H,1-5,8-9,16H2,(H,17,18). The molecule has 112 valence electrons. The number of hydrogen-bond acceptors (Lipinski definition) is 4. The minimum Gasteiger partial charge on any atom is -0.444 e. The molecule has 2 rings (SSSR count). The van der Waals surface area contributed by atoms with Crippen LogP contribution in [0.15, 0.2) is 21.2 Å². The SMILES string of the molecule is NC1CCC(OCCCNC(=O)c2ccc(Br)o2)CC1. The number of nitrogens with two attached hydrogens (primary N) is 1. The highest BCUT2D eigenvalue weighted by Crippen LogP contribution is 2.19. The molecule has 1 aliphatic carbocycles. The van der Waals surface area contributed by atoms with E-state index in [1.807, 2.05) is 0 Å². The third kappa shape index (κ3) is 4.92. The van der Waals surface area contributed by atoms with Crippen molar-refractivity contribution in [2.24, 2.45) is 5.73 Å². The Balaban J connectivity index is 1.54. The quantitative estimate of drug-likeness (QED) is 0.777. The number of carbonyl (C=O) groups is 1. The van der Waals surface area contributed by atoms with Crippen molar-refractivity contribution in [3.63, 3.8) is 0 Å². The highest BCUT2D eigenvalue weighted by atomic mass is 79.9. The lowest BCUT2D eigenvalue weighted by molar-refractivity contribution is 0.0241. The summed E-state index contributed by atoms with van der Waals surface area (Å²) in [4.78, 5) is 11.7. The Morgan fingerprint density at radius 1 is 1.40 bits per heavy atom. The van der Waals surface area contributed by atoms with Crippen molar-refractivity contribution in [2.45, 2.75) is 44.2 Å². The predicted octanol–water partition coefficient (Wildman–Crippen LogP) is 2.45. The van der Waals surface area contributed by atoms with Crippen LogP contribution in [-0.2, 0) is 4.74 Å². The zero-order valence-electron chi connectivity index (χ0n) is 11.4. The molecule has 3 N–H and O–H groups in total. The molecule has 1 fully saturated rings. The number of furan rings is 1. The first-order valence-corrected chi connectivity index (χ1v) is 7.85. The van der Waals surface area contributed by atoms with Crippen LogP contribution < -0.4 is 11.1 Å². The van der Waals surface area contributed by atoms with Crippen molar-refractivity contribution in [1.82, 2.24) is 5.32 Å². The Labute approximate surface area is 127 Å². The number of rotatable bonds is 6. The number of carbonyl (C=O) groups excluding carboxylic acids is 1. The average Bonchev–Trinajstić information content (AvgIpc) is 2.87. The van der Waals surface area contributed by atoms with Gasteiger partial charge in [0.25, 0.3) is 5.91 Å². The Hall–Kier alpha value is -0.850. The van der Waals surface area contributed by atoms with Gasteiger partial charge in [-0.05, 0) is 60.2 Å². The molecule has 0 bridgehead atoms. The van der Waals surface area contributed by atoms with E-state index in [1.54, 1.807) is 12.1 Å². The molecule has 6 heteroatoms.